The first-order chi connectivity index (χ1) is 7.13. The maximum Gasteiger partial charge on any atom is 0.151 e. The number of nitrogens with zero attached hydrogens (tertiary/aromatic N) is 4. The first-order valence-corrected chi connectivity index (χ1v) is 5.02. The number of rotatable bonds is 5. The van der Waals surface area contributed by atoms with Crippen LogP contribution in [0, 0.1) is 0 Å². The molecule has 1 aromatic rings. The molecule has 15 heavy (non-hydrogen) atoms. The number of aromatic nitrogens is 2. The van der Waals surface area contributed by atoms with Crippen LogP contribution in [0.15, 0.2) is 12.1 Å². The second-order valence-electron chi connectivity index (χ2n) is 3.81. The van der Waals surface area contributed by atoms with Crippen molar-refractivity contribution >= 4 is 5.82 Å². The number of nitrogens with two attached hydrogens (primary N) is 1. The maximum absolute atomic E-state index is 5.45. The van der Waals surface area contributed by atoms with Gasteiger partial charge in [-0.25, -0.2) is 0 Å². The summed E-state index contributed by atoms with van der Waals surface area (Å²) in [4.78, 5) is 4.21. The second-order valence-corrected chi connectivity index (χ2v) is 3.81. The average molecular weight is 209 g/mol. The van der Waals surface area contributed by atoms with Crippen LogP contribution in [-0.2, 0) is 6.54 Å². The van der Waals surface area contributed by atoms with Gasteiger partial charge in [-0.1, -0.05) is 0 Å². The van der Waals surface area contributed by atoms with E-state index in [9.17, 15) is 0 Å². The molecule has 1 rings (SSSR count). The Labute approximate surface area is 90.9 Å². The second kappa shape index (κ2) is 5.63. The zero-order chi connectivity index (χ0) is 11.3. The molecular weight excluding hydrogens is 190 g/mol. The third-order valence-corrected chi connectivity index (χ3v) is 2.19. The minimum absolute atomic E-state index is 0.439. The van der Waals surface area contributed by atoms with Gasteiger partial charge in [0.15, 0.2) is 5.82 Å². The summed E-state index contributed by atoms with van der Waals surface area (Å²) in [6.45, 7) is 2.37. The van der Waals surface area contributed by atoms with Crippen LogP contribution in [0.2, 0.25) is 0 Å². The third kappa shape index (κ3) is 3.81. The highest BCUT2D eigenvalue weighted by Crippen LogP contribution is 2.06. The lowest BCUT2D eigenvalue weighted by molar-refractivity contribution is 0.416. The Morgan fingerprint density at radius 3 is 2.33 bits per heavy atom. The van der Waals surface area contributed by atoms with E-state index in [2.05, 4.69) is 34.1 Å². The molecule has 0 saturated carbocycles. The number of hydrogen-bond donors (Lipinski definition) is 1. The summed E-state index contributed by atoms with van der Waals surface area (Å²) < 4.78 is 0. The van der Waals surface area contributed by atoms with Crippen molar-refractivity contribution in [2.75, 3.05) is 39.1 Å². The van der Waals surface area contributed by atoms with E-state index in [1.807, 2.05) is 19.2 Å². The monoisotopic (exact) mass is 209 g/mol. The van der Waals surface area contributed by atoms with Crippen LogP contribution in [0.4, 0.5) is 5.82 Å². The zero-order valence-electron chi connectivity index (χ0n) is 9.64. The Morgan fingerprint density at radius 1 is 1.13 bits per heavy atom. The molecule has 2 N–H and O–H groups in total. The minimum atomic E-state index is 0.439. The van der Waals surface area contributed by atoms with Gasteiger partial charge in [0.25, 0.3) is 0 Å². The molecule has 0 unspecified atom stereocenters. The summed E-state index contributed by atoms with van der Waals surface area (Å²) in [6, 6.07) is 3.86. The lowest BCUT2D eigenvalue weighted by Crippen LogP contribution is -2.29. The lowest BCUT2D eigenvalue weighted by atomic mass is 10.4. The molecule has 1 aromatic heterocycles. The molecule has 0 bridgehead atoms. The van der Waals surface area contributed by atoms with E-state index in [0.717, 1.165) is 24.6 Å². The van der Waals surface area contributed by atoms with E-state index in [1.165, 1.54) is 0 Å². The SMILES string of the molecule is CN(C)CCN(C)c1ccc(CN)nn1. The molecule has 5 nitrogen and oxygen atoms in total. The highest BCUT2D eigenvalue weighted by Gasteiger charge is 2.03. The van der Waals surface area contributed by atoms with E-state index < -0.39 is 0 Å². The summed E-state index contributed by atoms with van der Waals surface area (Å²) in [5.74, 6) is 0.883. The molecule has 0 aliphatic rings. The van der Waals surface area contributed by atoms with Gasteiger partial charge in [-0.2, -0.15) is 5.10 Å². The Kier molecular flexibility index (Phi) is 4.45. The van der Waals surface area contributed by atoms with Crippen LogP contribution in [0.3, 0.4) is 0 Å². The van der Waals surface area contributed by atoms with Crippen molar-refractivity contribution < 1.29 is 0 Å². The fourth-order valence-corrected chi connectivity index (χ4v) is 1.13. The predicted octanol–water partition coefficient (Wildman–Crippen LogP) is -0.0669. The van der Waals surface area contributed by atoms with E-state index >= 15 is 0 Å². The van der Waals surface area contributed by atoms with Gasteiger partial charge in [0.2, 0.25) is 0 Å². The van der Waals surface area contributed by atoms with Gasteiger partial charge in [-0.15, -0.1) is 5.10 Å². The van der Waals surface area contributed by atoms with Gasteiger partial charge in [-0.3, -0.25) is 0 Å². The van der Waals surface area contributed by atoms with Crippen molar-refractivity contribution in [2.24, 2.45) is 5.73 Å². The van der Waals surface area contributed by atoms with Crippen molar-refractivity contribution in [3.05, 3.63) is 17.8 Å². The average Bonchev–Trinajstić information content (AvgIpc) is 2.26. The van der Waals surface area contributed by atoms with E-state index in [4.69, 9.17) is 5.73 Å². The third-order valence-electron chi connectivity index (χ3n) is 2.19. The molecule has 0 aliphatic heterocycles. The molecule has 0 amide bonds. The fourth-order valence-electron chi connectivity index (χ4n) is 1.13. The first kappa shape index (κ1) is 11.9. The zero-order valence-corrected chi connectivity index (χ0v) is 9.64. The molecule has 1 heterocycles. The highest BCUT2D eigenvalue weighted by atomic mass is 15.3. The van der Waals surface area contributed by atoms with Crippen LogP contribution in [0.25, 0.3) is 0 Å². The Bertz CT molecular complexity index is 282. The summed E-state index contributed by atoms with van der Waals surface area (Å²) in [6.07, 6.45) is 0. The Balaban J connectivity index is 2.54. The molecule has 5 heteroatoms. The Hall–Kier alpha value is -1.20. The fraction of sp³-hybridized carbons (Fsp3) is 0.600. The van der Waals surface area contributed by atoms with Gasteiger partial charge in [0.1, 0.15) is 0 Å². The van der Waals surface area contributed by atoms with Crippen molar-refractivity contribution in [1.29, 1.82) is 0 Å². The molecule has 0 radical (unpaired) electrons. The Morgan fingerprint density at radius 2 is 1.87 bits per heavy atom. The minimum Gasteiger partial charge on any atom is -0.357 e. The van der Waals surface area contributed by atoms with Crippen molar-refractivity contribution in [3.8, 4) is 0 Å². The van der Waals surface area contributed by atoms with Gasteiger partial charge in [0, 0.05) is 26.7 Å². The molecular formula is C10H19N5. The quantitative estimate of drug-likeness (QED) is 0.736. The van der Waals surface area contributed by atoms with Crippen LogP contribution in [0.1, 0.15) is 5.69 Å². The van der Waals surface area contributed by atoms with Crippen LogP contribution in [-0.4, -0.2) is 49.3 Å². The number of likely N-dealkylation sites (N-methyl/N-ethyl adjacent to an activating group) is 2. The van der Waals surface area contributed by atoms with Gasteiger partial charge in [-0.05, 0) is 26.2 Å². The molecule has 0 atom stereocenters. The van der Waals surface area contributed by atoms with Crippen LogP contribution < -0.4 is 10.6 Å². The van der Waals surface area contributed by atoms with Crippen molar-refractivity contribution in [2.45, 2.75) is 6.54 Å². The van der Waals surface area contributed by atoms with E-state index in [-0.39, 0.29) is 0 Å². The van der Waals surface area contributed by atoms with E-state index in [1.54, 1.807) is 0 Å². The van der Waals surface area contributed by atoms with Gasteiger partial charge < -0.3 is 15.5 Å². The smallest absolute Gasteiger partial charge is 0.151 e. The molecule has 0 aromatic carbocycles. The van der Waals surface area contributed by atoms with Gasteiger partial charge in [0.05, 0.1) is 5.69 Å². The molecule has 0 spiro atoms. The van der Waals surface area contributed by atoms with E-state index in [0.29, 0.717) is 6.54 Å². The summed E-state index contributed by atoms with van der Waals surface area (Å²) in [5, 5.41) is 8.12. The number of hydrogen-bond acceptors (Lipinski definition) is 5. The standard InChI is InChI=1S/C10H19N5/c1-14(2)6-7-15(3)10-5-4-9(8-11)12-13-10/h4-5H,6-8,11H2,1-3H3. The predicted molar refractivity (Wildman–Crippen MR) is 61.7 cm³/mol. The highest BCUT2D eigenvalue weighted by molar-refractivity contribution is 5.35. The summed E-state index contributed by atoms with van der Waals surface area (Å²) >= 11 is 0. The topological polar surface area (TPSA) is 58.3 Å². The largest absolute Gasteiger partial charge is 0.357 e. The van der Waals surface area contributed by atoms with Crippen molar-refractivity contribution in [3.63, 3.8) is 0 Å². The normalized spacial score (nSPS) is 10.7. The number of anilines is 1. The lowest BCUT2D eigenvalue weighted by Gasteiger charge is -2.19. The first-order valence-electron chi connectivity index (χ1n) is 5.02. The molecule has 0 aliphatic carbocycles. The summed E-state index contributed by atoms with van der Waals surface area (Å²) in [5.41, 5.74) is 6.27. The molecule has 0 saturated heterocycles. The van der Waals surface area contributed by atoms with Crippen LogP contribution >= 0.6 is 0 Å². The summed E-state index contributed by atoms with van der Waals surface area (Å²) in [7, 11) is 6.11. The molecule has 84 valence electrons. The van der Waals surface area contributed by atoms with Crippen LogP contribution in [0.5, 0.6) is 0 Å². The van der Waals surface area contributed by atoms with Crippen molar-refractivity contribution in [1.82, 2.24) is 15.1 Å². The maximum atomic E-state index is 5.45. The van der Waals surface area contributed by atoms with Gasteiger partial charge >= 0.3 is 0 Å². The molecule has 0 fully saturated rings.